The summed E-state index contributed by atoms with van der Waals surface area (Å²) >= 11 is 0. The highest BCUT2D eigenvalue weighted by molar-refractivity contribution is 5.82. The molecule has 2 heterocycles. The highest BCUT2D eigenvalue weighted by Crippen LogP contribution is 2.22. The van der Waals surface area contributed by atoms with Gasteiger partial charge in [-0.1, -0.05) is 24.3 Å². The van der Waals surface area contributed by atoms with E-state index in [0.717, 1.165) is 28.4 Å². The van der Waals surface area contributed by atoms with Crippen LogP contribution in [0.15, 0.2) is 48.8 Å². The van der Waals surface area contributed by atoms with E-state index in [1.807, 2.05) is 42.7 Å². The Morgan fingerprint density at radius 1 is 1.06 bits per heavy atom. The first kappa shape index (κ1) is 9.78. The third-order valence-corrected chi connectivity index (χ3v) is 2.78. The lowest BCUT2D eigenvalue weighted by Crippen LogP contribution is -1.83. The number of rotatable bonds is 2. The van der Waals surface area contributed by atoms with Gasteiger partial charge in [-0.3, -0.25) is 4.79 Å². The van der Waals surface area contributed by atoms with E-state index in [-0.39, 0.29) is 0 Å². The van der Waals surface area contributed by atoms with E-state index in [2.05, 4.69) is 16.0 Å². The quantitative estimate of drug-likeness (QED) is 0.677. The number of carbonyl (C=O) groups excluding carboxylic acids is 1. The second-order valence-corrected chi connectivity index (χ2v) is 3.88. The van der Waals surface area contributed by atoms with Crippen molar-refractivity contribution in [3.8, 4) is 11.1 Å². The van der Waals surface area contributed by atoms with Gasteiger partial charge >= 0.3 is 0 Å². The Kier molecular flexibility index (Phi) is 2.22. The Bertz CT molecular complexity index is 668. The van der Waals surface area contributed by atoms with Crippen LogP contribution in [-0.2, 0) is 0 Å². The Balaban J connectivity index is 2.09. The molecular weight excluding hydrogens is 212 g/mol. The second kappa shape index (κ2) is 3.87. The number of carbonyl (C=O) groups is 1. The molecule has 82 valence electrons. The fourth-order valence-corrected chi connectivity index (χ4v) is 1.85. The van der Waals surface area contributed by atoms with Crippen molar-refractivity contribution in [1.29, 1.82) is 0 Å². The SMILES string of the molecule is O=Cc1ccc(-c2cnc3[nH]ccc3c2)cc1. The summed E-state index contributed by atoms with van der Waals surface area (Å²) in [6.45, 7) is 0. The summed E-state index contributed by atoms with van der Waals surface area (Å²) in [6.07, 6.45) is 4.54. The summed E-state index contributed by atoms with van der Waals surface area (Å²) in [7, 11) is 0. The summed E-state index contributed by atoms with van der Waals surface area (Å²) in [4.78, 5) is 18.0. The fourth-order valence-electron chi connectivity index (χ4n) is 1.85. The third-order valence-electron chi connectivity index (χ3n) is 2.78. The Morgan fingerprint density at radius 2 is 1.88 bits per heavy atom. The summed E-state index contributed by atoms with van der Waals surface area (Å²) < 4.78 is 0. The van der Waals surface area contributed by atoms with Crippen molar-refractivity contribution >= 4 is 17.3 Å². The zero-order valence-electron chi connectivity index (χ0n) is 9.05. The van der Waals surface area contributed by atoms with Crippen LogP contribution in [0.1, 0.15) is 10.4 Å². The molecule has 1 N–H and O–H groups in total. The van der Waals surface area contributed by atoms with Gasteiger partial charge in [0.2, 0.25) is 0 Å². The molecule has 1 aromatic carbocycles. The molecule has 0 saturated heterocycles. The molecule has 0 aliphatic carbocycles. The minimum atomic E-state index is 0.685. The summed E-state index contributed by atoms with van der Waals surface area (Å²) in [5.41, 5.74) is 3.68. The van der Waals surface area contributed by atoms with Gasteiger partial charge in [0.25, 0.3) is 0 Å². The normalized spacial score (nSPS) is 10.6. The number of hydrogen-bond donors (Lipinski definition) is 1. The number of nitrogens with one attached hydrogen (secondary N) is 1. The van der Waals surface area contributed by atoms with Crippen molar-refractivity contribution in [1.82, 2.24) is 9.97 Å². The van der Waals surface area contributed by atoms with E-state index in [9.17, 15) is 4.79 Å². The van der Waals surface area contributed by atoms with Crippen molar-refractivity contribution in [2.75, 3.05) is 0 Å². The molecule has 3 nitrogen and oxygen atoms in total. The fraction of sp³-hybridized carbons (Fsp3) is 0. The first-order valence-corrected chi connectivity index (χ1v) is 5.35. The maximum absolute atomic E-state index is 10.6. The number of H-pyrrole nitrogens is 1. The molecule has 0 aliphatic rings. The molecule has 17 heavy (non-hydrogen) atoms. The minimum Gasteiger partial charge on any atom is -0.346 e. The van der Waals surface area contributed by atoms with Crippen LogP contribution in [0.3, 0.4) is 0 Å². The molecular formula is C14H10N2O. The molecule has 0 unspecified atom stereocenters. The van der Waals surface area contributed by atoms with Crippen molar-refractivity contribution < 1.29 is 4.79 Å². The molecule has 0 amide bonds. The standard InChI is InChI=1S/C14H10N2O/c17-9-10-1-3-11(4-2-10)13-7-12-5-6-15-14(12)16-8-13/h1-9H,(H,15,16). The van der Waals surface area contributed by atoms with E-state index in [4.69, 9.17) is 0 Å². The van der Waals surface area contributed by atoms with Crippen LogP contribution in [0.2, 0.25) is 0 Å². The molecule has 0 spiro atoms. The third kappa shape index (κ3) is 1.72. The zero-order valence-corrected chi connectivity index (χ0v) is 9.05. The lowest BCUT2D eigenvalue weighted by Gasteiger charge is -2.01. The van der Waals surface area contributed by atoms with Crippen LogP contribution in [0, 0.1) is 0 Å². The van der Waals surface area contributed by atoms with Gasteiger partial charge in [0.05, 0.1) is 0 Å². The molecule has 2 aromatic heterocycles. The van der Waals surface area contributed by atoms with Gasteiger partial charge in [-0.25, -0.2) is 4.98 Å². The van der Waals surface area contributed by atoms with Crippen molar-refractivity contribution in [2.24, 2.45) is 0 Å². The lowest BCUT2D eigenvalue weighted by molar-refractivity contribution is 0.112. The Morgan fingerprint density at radius 3 is 2.65 bits per heavy atom. The maximum Gasteiger partial charge on any atom is 0.150 e. The highest BCUT2D eigenvalue weighted by atomic mass is 16.1. The summed E-state index contributed by atoms with van der Waals surface area (Å²) in [6, 6.07) is 11.5. The van der Waals surface area contributed by atoms with E-state index in [1.165, 1.54) is 0 Å². The minimum absolute atomic E-state index is 0.685. The first-order chi connectivity index (χ1) is 8.36. The van der Waals surface area contributed by atoms with Gasteiger partial charge in [0.1, 0.15) is 11.9 Å². The topological polar surface area (TPSA) is 45.8 Å². The van der Waals surface area contributed by atoms with Gasteiger partial charge in [0.15, 0.2) is 0 Å². The second-order valence-electron chi connectivity index (χ2n) is 3.88. The van der Waals surface area contributed by atoms with Crippen LogP contribution in [0.4, 0.5) is 0 Å². The number of nitrogens with zero attached hydrogens (tertiary/aromatic N) is 1. The monoisotopic (exact) mass is 222 g/mol. The molecule has 0 aliphatic heterocycles. The number of aromatic nitrogens is 2. The van der Waals surface area contributed by atoms with Gasteiger partial charge in [-0.15, -0.1) is 0 Å². The van der Waals surface area contributed by atoms with Crippen LogP contribution < -0.4 is 0 Å². The molecule has 3 rings (SSSR count). The number of hydrogen-bond acceptors (Lipinski definition) is 2. The molecule has 0 bridgehead atoms. The molecule has 0 fully saturated rings. The predicted octanol–water partition coefficient (Wildman–Crippen LogP) is 3.04. The number of fused-ring (bicyclic) bond motifs is 1. The predicted molar refractivity (Wildman–Crippen MR) is 66.9 cm³/mol. The van der Waals surface area contributed by atoms with Gasteiger partial charge in [-0.2, -0.15) is 0 Å². The molecule has 0 radical (unpaired) electrons. The smallest absolute Gasteiger partial charge is 0.150 e. The van der Waals surface area contributed by atoms with Gasteiger partial charge in [0, 0.05) is 28.9 Å². The largest absolute Gasteiger partial charge is 0.346 e. The first-order valence-electron chi connectivity index (χ1n) is 5.35. The van der Waals surface area contributed by atoms with E-state index in [1.54, 1.807) is 0 Å². The molecule has 3 heteroatoms. The zero-order chi connectivity index (χ0) is 11.7. The summed E-state index contributed by atoms with van der Waals surface area (Å²) in [5.74, 6) is 0. The molecule has 3 aromatic rings. The van der Waals surface area contributed by atoms with Crippen molar-refractivity contribution in [2.45, 2.75) is 0 Å². The molecule has 0 saturated carbocycles. The van der Waals surface area contributed by atoms with Crippen LogP contribution >= 0.6 is 0 Å². The average molecular weight is 222 g/mol. The molecule has 0 atom stereocenters. The number of pyridine rings is 1. The highest BCUT2D eigenvalue weighted by Gasteiger charge is 2.01. The van der Waals surface area contributed by atoms with Crippen LogP contribution in [0.5, 0.6) is 0 Å². The number of aromatic amines is 1. The summed E-state index contributed by atoms with van der Waals surface area (Å²) in [5, 5.41) is 1.09. The average Bonchev–Trinajstić information content (AvgIpc) is 2.86. The number of aldehydes is 1. The number of benzene rings is 1. The van der Waals surface area contributed by atoms with E-state index in [0.29, 0.717) is 5.56 Å². The van der Waals surface area contributed by atoms with Crippen LogP contribution in [0.25, 0.3) is 22.2 Å². The van der Waals surface area contributed by atoms with E-state index >= 15 is 0 Å². The van der Waals surface area contributed by atoms with Crippen molar-refractivity contribution in [3.63, 3.8) is 0 Å². The van der Waals surface area contributed by atoms with Gasteiger partial charge in [-0.05, 0) is 17.7 Å². The van der Waals surface area contributed by atoms with E-state index < -0.39 is 0 Å². The van der Waals surface area contributed by atoms with Crippen LogP contribution in [-0.4, -0.2) is 16.3 Å². The van der Waals surface area contributed by atoms with Gasteiger partial charge < -0.3 is 4.98 Å². The Labute approximate surface area is 98.1 Å². The maximum atomic E-state index is 10.6. The lowest BCUT2D eigenvalue weighted by atomic mass is 10.1. The Hall–Kier alpha value is -2.42. The van der Waals surface area contributed by atoms with Crippen molar-refractivity contribution in [3.05, 3.63) is 54.4 Å².